The van der Waals surface area contributed by atoms with Gasteiger partial charge in [0, 0.05) is 31.3 Å². The largest absolute Gasteiger partial charge is 0.371 e. The summed E-state index contributed by atoms with van der Waals surface area (Å²) < 4.78 is 7.23. The summed E-state index contributed by atoms with van der Waals surface area (Å²) in [6.07, 6.45) is 6.62. The first kappa shape index (κ1) is 15.4. The highest BCUT2D eigenvalue weighted by atomic mass is 16.5. The zero-order chi connectivity index (χ0) is 16.1. The number of pyridine rings is 2. The summed E-state index contributed by atoms with van der Waals surface area (Å²) >= 11 is 0. The first-order valence-corrected chi connectivity index (χ1v) is 7.70. The minimum Gasteiger partial charge on any atom is -0.371 e. The fourth-order valence-electron chi connectivity index (χ4n) is 2.81. The van der Waals surface area contributed by atoms with Gasteiger partial charge in [0.2, 0.25) is 5.91 Å². The minimum absolute atomic E-state index is 0.0131. The Kier molecular flexibility index (Phi) is 4.83. The Hall–Kier alpha value is -2.47. The average Bonchev–Trinajstić information content (AvgIpc) is 2.58. The Balaban J connectivity index is 1.68. The molecule has 1 N–H and O–H groups in total. The predicted molar refractivity (Wildman–Crippen MR) is 84.8 cm³/mol. The van der Waals surface area contributed by atoms with Crippen LogP contribution in [0.2, 0.25) is 0 Å². The van der Waals surface area contributed by atoms with Crippen LogP contribution < -0.4 is 10.9 Å². The standard InChI is InChI=1S/C17H19N3O3/c21-15(12-20-10-2-1-5-16(20)22)19-14-4-3-11-23-17(14)13-6-8-18-9-7-13/h1-2,5-10,14,17H,3-4,11-12H2,(H,19,21)/t14-,17+/m0/s1. The van der Waals surface area contributed by atoms with Gasteiger partial charge in [0.05, 0.1) is 6.04 Å². The molecule has 0 bridgehead atoms. The van der Waals surface area contributed by atoms with E-state index in [1.54, 1.807) is 30.7 Å². The molecule has 0 radical (unpaired) electrons. The number of aromatic nitrogens is 2. The lowest BCUT2D eigenvalue weighted by molar-refractivity contribution is -0.124. The van der Waals surface area contributed by atoms with Gasteiger partial charge in [-0.2, -0.15) is 0 Å². The maximum Gasteiger partial charge on any atom is 0.250 e. The van der Waals surface area contributed by atoms with E-state index in [1.165, 1.54) is 10.6 Å². The van der Waals surface area contributed by atoms with Crippen LogP contribution in [0.1, 0.15) is 24.5 Å². The highest BCUT2D eigenvalue weighted by Gasteiger charge is 2.28. The number of carbonyl (C=O) groups excluding carboxylic acids is 1. The van der Waals surface area contributed by atoms with Gasteiger partial charge in [-0.25, -0.2) is 0 Å². The Labute approximate surface area is 134 Å². The number of nitrogens with zero attached hydrogens (tertiary/aromatic N) is 2. The molecule has 0 unspecified atom stereocenters. The Morgan fingerprint density at radius 1 is 1.30 bits per heavy atom. The summed E-state index contributed by atoms with van der Waals surface area (Å²) in [5.41, 5.74) is 0.815. The first-order valence-electron chi connectivity index (χ1n) is 7.70. The summed E-state index contributed by atoms with van der Waals surface area (Å²) in [5, 5.41) is 3.00. The van der Waals surface area contributed by atoms with Gasteiger partial charge in [-0.3, -0.25) is 14.6 Å². The van der Waals surface area contributed by atoms with Crippen molar-refractivity contribution in [3.8, 4) is 0 Å². The molecule has 6 heteroatoms. The van der Waals surface area contributed by atoms with Crippen molar-refractivity contribution in [1.29, 1.82) is 0 Å². The van der Waals surface area contributed by atoms with Crippen molar-refractivity contribution in [2.75, 3.05) is 6.61 Å². The van der Waals surface area contributed by atoms with E-state index in [9.17, 15) is 9.59 Å². The van der Waals surface area contributed by atoms with Crippen LogP contribution in [-0.2, 0) is 16.1 Å². The van der Waals surface area contributed by atoms with Gasteiger partial charge in [-0.15, -0.1) is 0 Å². The molecule has 0 spiro atoms. The van der Waals surface area contributed by atoms with Crippen molar-refractivity contribution in [3.05, 3.63) is 64.8 Å². The summed E-state index contributed by atoms with van der Waals surface area (Å²) in [4.78, 5) is 28.0. The molecule has 0 saturated carbocycles. The number of ether oxygens (including phenoxy) is 1. The molecular weight excluding hydrogens is 294 g/mol. The zero-order valence-corrected chi connectivity index (χ0v) is 12.7. The number of rotatable bonds is 4. The van der Waals surface area contributed by atoms with Crippen LogP contribution in [0.25, 0.3) is 0 Å². The van der Waals surface area contributed by atoms with E-state index in [2.05, 4.69) is 10.3 Å². The van der Waals surface area contributed by atoms with E-state index in [0.29, 0.717) is 6.61 Å². The number of nitrogens with one attached hydrogen (secondary N) is 1. The molecule has 3 heterocycles. The second-order valence-corrected chi connectivity index (χ2v) is 5.55. The molecule has 1 aliphatic heterocycles. The van der Waals surface area contributed by atoms with Crippen molar-refractivity contribution in [2.24, 2.45) is 0 Å². The smallest absolute Gasteiger partial charge is 0.250 e. The summed E-state index contributed by atoms with van der Waals surface area (Å²) in [5.74, 6) is -0.187. The lowest BCUT2D eigenvalue weighted by atomic mass is 9.96. The van der Waals surface area contributed by atoms with Crippen LogP contribution >= 0.6 is 0 Å². The lowest BCUT2D eigenvalue weighted by Crippen LogP contribution is -2.44. The second kappa shape index (κ2) is 7.19. The molecule has 3 rings (SSSR count). The van der Waals surface area contributed by atoms with Crippen LogP contribution in [0, 0.1) is 0 Å². The van der Waals surface area contributed by atoms with Gasteiger partial charge in [-0.1, -0.05) is 6.07 Å². The van der Waals surface area contributed by atoms with Crippen molar-refractivity contribution in [2.45, 2.75) is 31.5 Å². The van der Waals surface area contributed by atoms with E-state index in [1.807, 2.05) is 12.1 Å². The SMILES string of the molecule is O=C(Cn1ccccc1=O)N[C@H]1CCCO[C@@H]1c1ccncc1. The molecule has 120 valence electrons. The fraction of sp³-hybridized carbons (Fsp3) is 0.353. The van der Waals surface area contributed by atoms with E-state index < -0.39 is 0 Å². The highest BCUT2D eigenvalue weighted by molar-refractivity contribution is 5.76. The van der Waals surface area contributed by atoms with Gasteiger partial charge >= 0.3 is 0 Å². The molecule has 1 fully saturated rings. The molecule has 6 nitrogen and oxygen atoms in total. The van der Waals surface area contributed by atoms with Crippen molar-refractivity contribution >= 4 is 5.91 Å². The summed E-state index contributed by atoms with van der Waals surface area (Å²) in [7, 11) is 0. The van der Waals surface area contributed by atoms with Crippen LogP contribution in [0.3, 0.4) is 0 Å². The number of hydrogen-bond acceptors (Lipinski definition) is 4. The molecule has 2 aromatic heterocycles. The van der Waals surface area contributed by atoms with Crippen LogP contribution in [0.4, 0.5) is 0 Å². The lowest BCUT2D eigenvalue weighted by Gasteiger charge is -2.32. The Morgan fingerprint density at radius 2 is 2.13 bits per heavy atom. The van der Waals surface area contributed by atoms with Crippen LogP contribution in [-0.4, -0.2) is 28.1 Å². The van der Waals surface area contributed by atoms with Crippen molar-refractivity contribution in [3.63, 3.8) is 0 Å². The zero-order valence-electron chi connectivity index (χ0n) is 12.7. The molecule has 0 aliphatic carbocycles. The van der Waals surface area contributed by atoms with Gasteiger partial charge in [0.1, 0.15) is 12.6 Å². The number of amides is 1. The van der Waals surface area contributed by atoms with Gasteiger partial charge in [0.25, 0.3) is 5.56 Å². The number of hydrogen-bond donors (Lipinski definition) is 1. The third kappa shape index (κ3) is 3.84. The number of carbonyl (C=O) groups is 1. The van der Waals surface area contributed by atoms with Gasteiger partial charge in [-0.05, 0) is 36.6 Å². The molecule has 1 saturated heterocycles. The normalized spacial score (nSPS) is 20.9. The third-order valence-electron chi connectivity index (χ3n) is 3.92. The van der Waals surface area contributed by atoms with E-state index in [-0.39, 0.29) is 30.2 Å². The molecular formula is C17H19N3O3. The molecule has 23 heavy (non-hydrogen) atoms. The van der Waals surface area contributed by atoms with E-state index >= 15 is 0 Å². The quantitative estimate of drug-likeness (QED) is 0.923. The molecule has 1 aliphatic rings. The third-order valence-corrected chi connectivity index (χ3v) is 3.92. The van der Waals surface area contributed by atoms with E-state index in [0.717, 1.165) is 18.4 Å². The molecule has 1 amide bonds. The van der Waals surface area contributed by atoms with Gasteiger partial charge < -0.3 is 14.6 Å². The molecule has 2 aromatic rings. The summed E-state index contributed by atoms with van der Waals surface area (Å²) in [6.45, 7) is 0.691. The Morgan fingerprint density at radius 3 is 2.91 bits per heavy atom. The van der Waals surface area contributed by atoms with Gasteiger partial charge in [0.15, 0.2) is 0 Å². The Bertz CT molecular complexity index is 714. The molecule has 0 aromatic carbocycles. The van der Waals surface area contributed by atoms with Crippen molar-refractivity contribution < 1.29 is 9.53 Å². The van der Waals surface area contributed by atoms with Crippen LogP contribution in [0.15, 0.2) is 53.7 Å². The minimum atomic E-state index is -0.187. The first-order chi connectivity index (χ1) is 11.2. The summed E-state index contributed by atoms with van der Waals surface area (Å²) in [6, 6.07) is 8.53. The van der Waals surface area contributed by atoms with Crippen molar-refractivity contribution in [1.82, 2.24) is 14.9 Å². The molecule has 2 atom stereocenters. The second-order valence-electron chi connectivity index (χ2n) is 5.55. The fourth-order valence-corrected chi connectivity index (χ4v) is 2.81. The van der Waals surface area contributed by atoms with Crippen LogP contribution in [0.5, 0.6) is 0 Å². The average molecular weight is 313 g/mol. The maximum absolute atomic E-state index is 12.3. The van der Waals surface area contributed by atoms with E-state index in [4.69, 9.17) is 4.74 Å². The monoisotopic (exact) mass is 313 g/mol. The predicted octanol–water partition coefficient (Wildman–Crippen LogP) is 1.28. The highest BCUT2D eigenvalue weighted by Crippen LogP contribution is 2.27. The topological polar surface area (TPSA) is 73.2 Å². The maximum atomic E-state index is 12.3.